The number of likely N-dealkylation sites (N-methyl/N-ethyl adjacent to an activating group) is 1. The second-order valence-corrected chi connectivity index (χ2v) is 21.9. The Kier molecular flexibility index (Phi) is 11.0. The van der Waals surface area contributed by atoms with Gasteiger partial charge in [0.1, 0.15) is 11.9 Å². The molecular formula is C49H69N5O5. The van der Waals surface area contributed by atoms with Crippen LogP contribution in [0.15, 0.2) is 35.4 Å². The minimum atomic E-state index is -1.17. The van der Waals surface area contributed by atoms with E-state index in [0.717, 1.165) is 87.2 Å². The molecule has 1 N–H and O–H groups in total. The zero-order valence-corrected chi connectivity index (χ0v) is 37.7. The van der Waals surface area contributed by atoms with Gasteiger partial charge in [0.25, 0.3) is 0 Å². The van der Waals surface area contributed by atoms with E-state index in [4.69, 9.17) is 14.9 Å². The molecule has 4 fully saturated rings. The van der Waals surface area contributed by atoms with Gasteiger partial charge in [-0.15, -0.1) is 10.2 Å². The number of carboxylic acids is 1. The van der Waals surface area contributed by atoms with Crippen LogP contribution < -0.4 is 0 Å². The van der Waals surface area contributed by atoms with Gasteiger partial charge >= 0.3 is 11.9 Å². The molecule has 0 bridgehead atoms. The van der Waals surface area contributed by atoms with E-state index >= 15 is 0 Å². The topological polar surface area (TPSA) is 138 Å². The van der Waals surface area contributed by atoms with Gasteiger partial charge in [0, 0.05) is 42.3 Å². The third-order valence-corrected chi connectivity index (χ3v) is 17.3. The summed E-state index contributed by atoms with van der Waals surface area (Å²) in [4.78, 5) is 41.6. The molecule has 7 rings (SSSR count). The zero-order chi connectivity index (χ0) is 43.1. The summed E-state index contributed by atoms with van der Waals surface area (Å²) in [6.07, 6.45) is 8.93. The smallest absolute Gasteiger partial charge is 0.309 e. The molecule has 10 nitrogen and oxygen atoms in total. The molecular weight excluding hydrogens is 739 g/mol. The van der Waals surface area contributed by atoms with E-state index in [0.29, 0.717) is 41.9 Å². The lowest BCUT2D eigenvalue weighted by molar-refractivity contribution is -0.233. The van der Waals surface area contributed by atoms with E-state index in [-0.39, 0.29) is 45.5 Å². The minimum Gasteiger partial charge on any atom is -0.481 e. The Balaban J connectivity index is 1.21. The van der Waals surface area contributed by atoms with Gasteiger partial charge < -0.3 is 19.3 Å². The van der Waals surface area contributed by atoms with Crippen molar-refractivity contribution >= 4 is 17.7 Å². The number of benzene rings is 1. The first-order chi connectivity index (χ1) is 27.5. The summed E-state index contributed by atoms with van der Waals surface area (Å²) in [5.41, 5.74) is 2.47. The van der Waals surface area contributed by atoms with Crippen molar-refractivity contribution in [3.63, 3.8) is 0 Å². The number of esters is 1. The van der Waals surface area contributed by atoms with Crippen molar-refractivity contribution in [1.82, 2.24) is 19.7 Å². The van der Waals surface area contributed by atoms with Gasteiger partial charge in [0.2, 0.25) is 0 Å². The molecule has 5 aliphatic rings. The molecule has 2 aromatic rings. The molecule has 0 spiro atoms. The average Bonchev–Trinajstić information content (AvgIpc) is 3.69. The van der Waals surface area contributed by atoms with Crippen molar-refractivity contribution in [3.05, 3.63) is 46.8 Å². The van der Waals surface area contributed by atoms with Gasteiger partial charge in [0.15, 0.2) is 11.6 Å². The lowest BCUT2D eigenvalue weighted by Gasteiger charge is -2.72. The number of Topliss-reactive ketones (excluding diaryl/α,β-unsaturated/α-hetero) is 1. The summed E-state index contributed by atoms with van der Waals surface area (Å²) in [6.45, 7) is 21.4. The highest BCUT2D eigenvalue weighted by Gasteiger charge is 2.70. The number of ketones is 1. The molecule has 1 aromatic carbocycles. The minimum absolute atomic E-state index is 0.00953. The zero-order valence-electron chi connectivity index (χ0n) is 37.7. The van der Waals surface area contributed by atoms with Crippen LogP contribution in [0.5, 0.6) is 0 Å². The van der Waals surface area contributed by atoms with Crippen LogP contribution in [0.4, 0.5) is 0 Å². The quantitative estimate of drug-likeness (QED) is 0.220. The van der Waals surface area contributed by atoms with Crippen LogP contribution in [0.1, 0.15) is 138 Å². The van der Waals surface area contributed by atoms with Gasteiger partial charge in [-0.2, -0.15) is 5.26 Å². The third kappa shape index (κ3) is 6.90. The predicted octanol–water partition coefficient (Wildman–Crippen LogP) is 9.31. The fourth-order valence-electron chi connectivity index (χ4n) is 14.0. The Labute approximate surface area is 352 Å². The Morgan fingerprint density at radius 3 is 2.29 bits per heavy atom. The number of ether oxygens (including phenoxy) is 1. The van der Waals surface area contributed by atoms with Crippen LogP contribution in [0.2, 0.25) is 0 Å². The fourth-order valence-corrected chi connectivity index (χ4v) is 14.0. The summed E-state index contributed by atoms with van der Waals surface area (Å²) in [5.74, 6) is 1.95. The molecule has 0 aliphatic heterocycles. The first kappa shape index (κ1) is 43.3. The Morgan fingerprint density at radius 1 is 0.966 bits per heavy atom. The number of hydrogen-bond donors (Lipinski definition) is 1. The Bertz CT molecular complexity index is 2070. The lowest BCUT2D eigenvalue weighted by atomic mass is 9.33. The van der Waals surface area contributed by atoms with E-state index in [1.807, 2.05) is 24.3 Å². The maximum atomic E-state index is 14.4. The highest BCUT2D eigenvalue weighted by atomic mass is 16.5. The van der Waals surface area contributed by atoms with E-state index in [2.05, 4.69) is 78.1 Å². The van der Waals surface area contributed by atoms with Gasteiger partial charge in [-0.25, -0.2) is 0 Å². The number of aromatic nitrogens is 3. The van der Waals surface area contributed by atoms with Gasteiger partial charge in [0.05, 0.1) is 23.5 Å². The van der Waals surface area contributed by atoms with Crippen molar-refractivity contribution < 1.29 is 24.2 Å². The first-order valence-corrected chi connectivity index (χ1v) is 22.3. The average molecular weight is 808 g/mol. The molecule has 1 heterocycles. The van der Waals surface area contributed by atoms with Crippen molar-refractivity contribution in [2.75, 3.05) is 20.6 Å². The number of nitrogens with zero attached hydrogens (tertiary/aromatic N) is 5. The Morgan fingerprint density at radius 2 is 1.66 bits per heavy atom. The lowest BCUT2D eigenvalue weighted by Crippen LogP contribution is -2.65. The molecule has 10 heteroatoms. The van der Waals surface area contributed by atoms with Crippen LogP contribution in [0, 0.1) is 67.5 Å². The second kappa shape index (κ2) is 15.0. The molecule has 4 saturated carbocycles. The summed E-state index contributed by atoms with van der Waals surface area (Å²) < 4.78 is 8.48. The molecule has 5 aliphatic carbocycles. The second-order valence-electron chi connectivity index (χ2n) is 21.9. The van der Waals surface area contributed by atoms with Crippen molar-refractivity contribution in [3.8, 4) is 17.5 Å². The number of aliphatic carboxylic acids is 1. The SMILES string of the molecule is CC(C)C1=C2[C@H]3CC[C@@H]4[C@@]5(C)CC[C@H](OC(=O)CC(C)(C)C(=O)O)C(C)(C)[C@@H]5CC[C@@]4(C)[C@]3(C)CCC2(Cc2nnc(-c3ccc(C#N)cc3)n2CCN(C)C)CC1=O. The van der Waals surface area contributed by atoms with E-state index in [9.17, 15) is 24.8 Å². The maximum absolute atomic E-state index is 14.4. The number of carboxylic acid groups (broad SMARTS) is 1. The number of carbonyl (C=O) groups is 3. The van der Waals surface area contributed by atoms with Crippen LogP contribution in [0.25, 0.3) is 11.4 Å². The molecule has 0 radical (unpaired) electrons. The van der Waals surface area contributed by atoms with Crippen LogP contribution in [0.3, 0.4) is 0 Å². The fraction of sp³-hybridized carbons (Fsp3) is 0.714. The predicted molar refractivity (Wildman–Crippen MR) is 228 cm³/mol. The molecule has 0 saturated heterocycles. The molecule has 320 valence electrons. The molecule has 8 atom stereocenters. The molecule has 0 amide bonds. The number of carbonyl (C=O) groups excluding carboxylic acids is 2. The largest absolute Gasteiger partial charge is 0.481 e. The highest BCUT2D eigenvalue weighted by molar-refractivity contribution is 6.00. The normalized spacial score (nSPS) is 33.9. The summed E-state index contributed by atoms with van der Waals surface area (Å²) in [7, 11) is 4.16. The first-order valence-electron chi connectivity index (χ1n) is 22.3. The van der Waals surface area contributed by atoms with Crippen molar-refractivity contribution in [2.45, 2.75) is 146 Å². The van der Waals surface area contributed by atoms with E-state index in [1.165, 1.54) is 5.57 Å². The maximum Gasteiger partial charge on any atom is 0.309 e. The monoisotopic (exact) mass is 808 g/mol. The number of allylic oxidation sites excluding steroid dienone is 2. The van der Waals surface area contributed by atoms with Gasteiger partial charge in [-0.05, 0) is 149 Å². The number of rotatable bonds is 11. The van der Waals surface area contributed by atoms with Gasteiger partial charge in [-0.1, -0.05) is 54.0 Å². The molecule has 1 aromatic heterocycles. The summed E-state index contributed by atoms with van der Waals surface area (Å²) in [5, 5.41) is 28.8. The van der Waals surface area contributed by atoms with E-state index < -0.39 is 17.4 Å². The molecule has 59 heavy (non-hydrogen) atoms. The standard InChI is InChI=1S/C49H69N5O5/c1-30(2)40-34(55)26-49(27-38-51-52-42(54(38)25-24-53(10)11)32-14-12-31(29-50)13-15-32)23-22-47(8)33(41(40)49)16-17-36-46(7)20-19-37(59-39(56)28-44(3,4)43(57)58)45(5,6)35(46)18-21-48(36,47)9/h12-15,30,33,35-37H,16-28H2,1-11H3,(H,57,58)/t33-,35+,36-,37+,46+,47-,48-,49?/m1/s1. The number of nitriles is 1. The third-order valence-electron chi connectivity index (χ3n) is 17.3. The van der Waals surface area contributed by atoms with Gasteiger partial charge in [-0.3, -0.25) is 14.4 Å². The van der Waals surface area contributed by atoms with Crippen molar-refractivity contribution in [1.29, 1.82) is 5.26 Å². The molecule has 1 unspecified atom stereocenters. The van der Waals surface area contributed by atoms with Crippen LogP contribution in [-0.4, -0.2) is 69.2 Å². The highest BCUT2D eigenvalue weighted by Crippen LogP contribution is 2.77. The Hall–Kier alpha value is -3.84. The van der Waals surface area contributed by atoms with E-state index in [1.54, 1.807) is 13.8 Å². The van der Waals surface area contributed by atoms with Crippen LogP contribution in [-0.2, 0) is 32.1 Å². The number of hydrogen-bond acceptors (Lipinski definition) is 8. The van der Waals surface area contributed by atoms with Crippen LogP contribution >= 0.6 is 0 Å². The number of fused-ring (bicyclic) bond motifs is 7. The summed E-state index contributed by atoms with van der Waals surface area (Å²) in [6, 6.07) is 9.82. The van der Waals surface area contributed by atoms with Crippen molar-refractivity contribution in [2.24, 2.45) is 56.2 Å². The summed E-state index contributed by atoms with van der Waals surface area (Å²) >= 11 is 0.